The average Bonchev–Trinajstić information content (AvgIpc) is 2.35. The first-order valence-electron chi connectivity index (χ1n) is 5.80. The summed E-state index contributed by atoms with van der Waals surface area (Å²) in [6, 6.07) is 1.62. The van der Waals surface area contributed by atoms with Gasteiger partial charge in [0.05, 0.1) is 15.8 Å². The van der Waals surface area contributed by atoms with Crippen molar-refractivity contribution >= 4 is 27.3 Å². The first-order chi connectivity index (χ1) is 8.41. The molecule has 1 aromatic rings. The first-order valence-corrected chi connectivity index (χ1v) is 6.59. The summed E-state index contributed by atoms with van der Waals surface area (Å²) in [6.07, 6.45) is 0. The maximum Gasteiger partial charge on any atom is 0.165 e. The Balaban J connectivity index is 2.34. The zero-order chi connectivity index (χ0) is 13.4. The van der Waals surface area contributed by atoms with E-state index >= 15 is 0 Å². The molecule has 1 atom stereocenters. The van der Waals surface area contributed by atoms with E-state index in [2.05, 4.69) is 27.8 Å². The van der Waals surface area contributed by atoms with Gasteiger partial charge in [-0.1, -0.05) is 0 Å². The fourth-order valence-electron chi connectivity index (χ4n) is 2.13. The van der Waals surface area contributed by atoms with Gasteiger partial charge in [0.15, 0.2) is 5.82 Å². The Morgan fingerprint density at radius 2 is 2.06 bits per heavy atom. The summed E-state index contributed by atoms with van der Waals surface area (Å²) in [7, 11) is 2.04. The van der Waals surface area contributed by atoms with Gasteiger partial charge in [0, 0.05) is 31.7 Å². The highest BCUT2D eigenvalue weighted by Crippen LogP contribution is 2.34. The van der Waals surface area contributed by atoms with E-state index in [1.54, 1.807) is 0 Å². The van der Waals surface area contributed by atoms with Gasteiger partial charge in [-0.25, -0.2) is 8.78 Å². The Hall–Kier alpha value is -0.880. The van der Waals surface area contributed by atoms with E-state index in [0.717, 1.165) is 6.54 Å². The Kier molecular flexibility index (Phi) is 3.77. The van der Waals surface area contributed by atoms with Gasteiger partial charge in [-0.15, -0.1) is 0 Å². The van der Waals surface area contributed by atoms with Crippen molar-refractivity contribution in [3.05, 3.63) is 22.2 Å². The molecule has 1 saturated heterocycles. The molecule has 0 spiro atoms. The van der Waals surface area contributed by atoms with Gasteiger partial charge in [-0.3, -0.25) is 0 Å². The third-order valence-electron chi connectivity index (χ3n) is 3.48. The van der Waals surface area contributed by atoms with Crippen LogP contribution in [0.15, 0.2) is 10.5 Å². The van der Waals surface area contributed by atoms with Crippen LogP contribution in [-0.2, 0) is 0 Å². The van der Waals surface area contributed by atoms with E-state index in [0.29, 0.717) is 24.8 Å². The molecule has 1 aliphatic rings. The van der Waals surface area contributed by atoms with Gasteiger partial charge in [-0.2, -0.15) is 0 Å². The monoisotopic (exact) mass is 319 g/mol. The molecule has 0 radical (unpaired) electrons. The number of piperazine rings is 1. The Labute approximate surface area is 114 Å². The lowest BCUT2D eigenvalue weighted by Crippen LogP contribution is -2.50. The van der Waals surface area contributed by atoms with Crippen molar-refractivity contribution in [3.63, 3.8) is 0 Å². The fourth-order valence-corrected chi connectivity index (χ4v) is 2.45. The first kappa shape index (κ1) is 13.5. The molecular formula is C12H16BrF2N3. The van der Waals surface area contributed by atoms with Gasteiger partial charge in [0.25, 0.3) is 0 Å². The third kappa shape index (κ3) is 2.31. The van der Waals surface area contributed by atoms with E-state index in [1.165, 1.54) is 6.07 Å². The Morgan fingerprint density at radius 1 is 1.39 bits per heavy atom. The second-order valence-electron chi connectivity index (χ2n) is 4.69. The molecule has 0 unspecified atom stereocenters. The molecule has 0 aliphatic carbocycles. The van der Waals surface area contributed by atoms with Crippen molar-refractivity contribution < 1.29 is 8.78 Å². The van der Waals surface area contributed by atoms with Crippen molar-refractivity contribution in [3.8, 4) is 0 Å². The summed E-state index contributed by atoms with van der Waals surface area (Å²) < 4.78 is 27.1. The molecule has 1 aliphatic heterocycles. The largest absolute Gasteiger partial charge is 0.395 e. The number of likely N-dealkylation sites (N-methyl/N-ethyl adjacent to an activating group) is 1. The van der Waals surface area contributed by atoms with Gasteiger partial charge in [0.1, 0.15) is 5.82 Å². The highest BCUT2D eigenvalue weighted by molar-refractivity contribution is 9.10. The van der Waals surface area contributed by atoms with Crippen LogP contribution in [0.1, 0.15) is 6.92 Å². The lowest BCUT2D eigenvalue weighted by atomic mass is 10.1. The number of hydrogen-bond acceptors (Lipinski definition) is 3. The smallest absolute Gasteiger partial charge is 0.165 e. The number of benzene rings is 1. The van der Waals surface area contributed by atoms with E-state index in [9.17, 15) is 8.78 Å². The molecule has 3 nitrogen and oxygen atoms in total. The van der Waals surface area contributed by atoms with Crippen molar-refractivity contribution in [1.29, 1.82) is 0 Å². The van der Waals surface area contributed by atoms with Gasteiger partial charge in [0.2, 0.25) is 0 Å². The van der Waals surface area contributed by atoms with E-state index in [1.807, 2.05) is 11.9 Å². The van der Waals surface area contributed by atoms with Gasteiger partial charge >= 0.3 is 0 Å². The zero-order valence-corrected chi connectivity index (χ0v) is 12.0. The van der Waals surface area contributed by atoms with Crippen LogP contribution in [0.5, 0.6) is 0 Å². The van der Waals surface area contributed by atoms with Crippen LogP contribution in [0.25, 0.3) is 0 Å². The normalized spacial score (nSPS) is 21.4. The van der Waals surface area contributed by atoms with Gasteiger partial charge in [-0.05, 0) is 29.9 Å². The molecular weight excluding hydrogens is 304 g/mol. The summed E-state index contributed by atoms with van der Waals surface area (Å²) in [5.74, 6) is -1.35. The minimum absolute atomic E-state index is 0.0000260. The molecule has 100 valence electrons. The SMILES string of the molecule is C[C@H]1CN(c2cc(F)c(Br)c(F)c2N)CCN1C. The molecule has 0 aromatic heterocycles. The van der Waals surface area contributed by atoms with Crippen LogP contribution in [0.4, 0.5) is 20.2 Å². The molecule has 2 N–H and O–H groups in total. The third-order valence-corrected chi connectivity index (χ3v) is 4.21. The molecule has 0 saturated carbocycles. The number of halogens is 3. The Bertz CT molecular complexity index is 467. The number of nitrogen functional groups attached to an aromatic ring is 1. The summed E-state index contributed by atoms with van der Waals surface area (Å²) in [6.45, 7) is 4.35. The summed E-state index contributed by atoms with van der Waals surface area (Å²) >= 11 is 2.85. The van der Waals surface area contributed by atoms with Crippen LogP contribution < -0.4 is 10.6 Å². The highest BCUT2D eigenvalue weighted by atomic mass is 79.9. The van der Waals surface area contributed by atoms with Crippen LogP contribution in [0, 0.1) is 11.6 Å². The minimum Gasteiger partial charge on any atom is -0.395 e. The quantitative estimate of drug-likeness (QED) is 0.637. The molecule has 2 rings (SSSR count). The Morgan fingerprint density at radius 3 is 2.67 bits per heavy atom. The number of nitrogens with zero attached hydrogens (tertiary/aromatic N) is 2. The molecule has 0 bridgehead atoms. The van der Waals surface area contributed by atoms with E-state index in [4.69, 9.17) is 5.73 Å². The van der Waals surface area contributed by atoms with Crippen LogP contribution >= 0.6 is 15.9 Å². The average molecular weight is 320 g/mol. The maximum absolute atomic E-state index is 13.7. The molecule has 1 heterocycles. The summed E-state index contributed by atoms with van der Waals surface area (Å²) in [5, 5.41) is 0. The van der Waals surface area contributed by atoms with Crippen LogP contribution in [0.3, 0.4) is 0 Å². The maximum atomic E-state index is 13.7. The summed E-state index contributed by atoms with van der Waals surface area (Å²) in [5.41, 5.74) is 6.17. The van der Waals surface area contributed by atoms with Crippen molar-refractivity contribution in [2.45, 2.75) is 13.0 Å². The molecule has 0 amide bonds. The predicted molar refractivity (Wildman–Crippen MR) is 72.8 cm³/mol. The van der Waals surface area contributed by atoms with E-state index in [-0.39, 0.29) is 10.2 Å². The topological polar surface area (TPSA) is 32.5 Å². The lowest BCUT2D eigenvalue weighted by Gasteiger charge is -2.39. The van der Waals surface area contributed by atoms with Crippen molar-refractivity contribution in [2.75, 3.05) is 37.3 Å². The molecule has 6 heteroatoms. The molecule has 1 fully saturated rings. The zero-order valence-electron chi connectivity index (χ0n) is 10.4. The number of rotatable bonds is 1. The minimum atomic E-state index is -0.725. The molecule has 18 heavy (non-hydrogen) atoms. The van der Waals surface area contributed by atoms with Gasteiger partial charge < -0.3 is 15.5 Å². The van der Waals surface area contributed by atoms with Crippen LogP contribution in [0.2, 0.25) is 0 Å². The second kappa shape index (κ2) is 5.01. The lowest BCUT2D eigenvalue weighted by molar-refractivity contribution is 0.234. The number of nitrogens with two attached hydrogens (primary N) is 1. The fraction of sp³-hybridized carbons (Fsp3) is 0.500. The standard InChI is InChI=1S/C12H16BrF2N3/c1-7-6-18(4-3-17(7)2)9-5-8(14)10(13)11(15)12(9)16/h5,7H,3-4,6,16H2,1-2H3/t7-/m0/s1. The van der Waals surface area contributed by atoms with Crippen molar-refractivity contribution in [2.24, 2.45) is 0 Å². The van der Waals surface area contributed by atoms with Crippen LogP contribution in [-0.4, -0.2) is 37.6 Å². The van der Waals surface area contributed by atoms with E-state index < -0.39 is 11.6 Å². The second-order valence-corrected chi connectivity index (χ2v) is 5.49. The van der Waals surface area contributed by atoms with Crippen molar-refractivity contribution in [1.82, 2.24) is 4.90 Å². The summed E-state index contributed by atoms with van der Waals surface area (Å²) in [4.78, 5) is 4.14. The molecule has 1 aromatic carbocycles. The number of hydrogen-bond donors (Lipinski definition) is 1. The highest BCUT2D eigenvalue weighted by Gasteiger charge is 2.25. The number of anilines is 2. The predicted octanol–water partition coefficient (Wildman–Crippen LogP) is 2.45.